The summed E-state index contributed by atoms with van der Waals surface area (Å²) in [6, 6.07) is 0. The second kappa shape index (κ2) is 5.16. The normalized spacial score (nSPS) is 28.1. The summed E-state index contributed by atoms with van der Waals surface area (Å²) in [6.45, 7) is 0. The summed E-state index contributed by atoms with van der Waals surface area (Å²) in [5, 5.41) is 10.1. The molecule has 1 unspecified atom stereocenters. The highest BCUT2D eigenvalue weighted by Gasteiger charge is 2.26. The van der Waals surface area contributed by atoms with E-state index >= 15 is 0 Å². The van der Waals surface area contributed by atoms with Gasteiger partial charge in [0.25, 0.3) is 0 Å². The molecule has 1 heteroatoms. The van der Waals surface area contributed by atoms with Gasteiger partial charge in [0.2, 0.25) is 0 Å². The smallest absolute Gasteiger partial charge is 0.0571 e. The van der Waals surface area contributed by atoms with E-state index in [1.165, 1.54) is 57.8 Å². The molecule has 2 fully saturated rings. The first-order valence-electron chi connectivity index (χ1n) is 6.54. The minimum Gasteiger partial charge on any atom is -0.393 e. The van der Waals surface area contributed by atoms with Gasteiger partial charge in [0, 0.05) is 0 Å². The summed E-state index contributed by atoms with van der Waals surface area (Å²) >= 11 is 0. The standard InChI is InChI=1S/C13H24O/c14-13(12-8-4-5-9-12)10-11-6-2-1-3-7-11/h11-14H,1-10H2. The first kappa shape index (κ1) is 10.5. The molecule has 82 valence electrons. The number of aliphatic hydroxyl groups is 1. The molecule has 2 rings (SSSR count). The van der Waals surface area contributed by atoms with Crippen LogP contribution in [-0.4, -0.2) is 11.2 Å². The zero-order chi connectivity index (χ0) is 9.80. The molecule has 2 aliphatic rings. The van der Waals surface area contributed by atoms with Gasteiger partial charge >= 0.3 is 0 Å². The summed E-state index contributed by atoms with van der Waals surface area (Å²) in [5.41, 5.74) is 0. The maximum atomic E-state index is 10.1. The third-order valence-electron chi connectivity index (χ3n) is 4.24. The Labute approximate surface area is 87.9 Å². The summed E-state index contributed by atoms with van der Waals surface area (Å²) in [5.74, 6) is 1.50. The number of hydrogen-bond acceptors (Lipinski definition) is 1. The third-order valence-corrected chi connectivity index (χ3v) is 4.24. The van der Waals surface area contributed by atoms with Crippen LogP contribution in [0.1, 0.15) is 64.2 Å². The lowest BCUT2D eigenvalue weighted by Gasteiger charge is -2.26. The second-order valence-electron chi connectivity index (χ2n) is 5.35. The highest BCUT2D eigenvalue weighted by Crippen LogP contribution is 2.34. The molecule has 0 aromatic rings. The lowest BCUT2D eigenvalue weighted by molar-refractivity contribution is 0.0767. The van der Waals surface area contributed by atoms with E-state index in [1.54, 1.807) is 0 Å². The lowest BCUT2D eigenvalue weighted by atomic mass is 9.82. The Balaban J connectivity index is 1.72. The third kappa shape index (κ3) is 2.73. The first-order chi connectivity index (χ1) is 6.86. The molecule has 1 nitrogen and oxygen atoms in total. The van der Waals surface area contributed by atoms with Crippen molar-refractivity contribution in [3.63, 3.8) is 0 Å². The molecule has 0 aromatic heterocycles. The van der Waals surface area contributed by atoms with E-state index < -0.39 is 0 Å². The number of aliphatic hydroxyl groups excluding tert-OH is 1. The van der Waals surface area contributed by atoms with Crippen LogP contribution in [0.3, 0.4) is 0 Å². The monoisotopic (exact) mass is 196 g/mol. The van der Waals surface area contributed by atoms with E-state index in [1.807, 2.05) is 0 Å². The molecule has 0 heterocycles. The largest absolute Gasteiger partial charge is 0.393 e. The summed E-state index contributed by atoms with van der Waals surface area (Å²) in [6.07, 6.45) is 13.4. The first-order valence-corrected chi connectivity index (χ1v) is 6.54. The molecule has 0 amide bonds. The fraction of sp³-hybridized carbons (Fsp3) is 1.00. The Morgan fingerprint density at radius 1 is 0.857 bits per heavy atom. The Morgan fingerprint density at radius 3 is 2.07 bits per heavy atom. The summed E-state index contributed by atoms with van der Waals surface area (Å²) in [4.78, 5) is 0. The predicted octanol–water partition coefficient (Wildman–Crippen LogP) is 3.51. The van der Waals surface area contributed by atoms with Gasteiger partial charge in [-0.05, 0) is 31.1 Å². The van der Waals surface area contributed by atoms with Gasteiger partial charge < -0.3 is 5.11 Å². The van der Waals surface area contributed by atoms with Crippen LogP contribution in [0.5, 0.6) is 0 Å². The Kier molecular flexibility index (Phi) is 3.86. The quantitative estimate of drug-likeness (QED) is 0.732. The predicted molar refractivity (Wildman–Crippen MR) is 59.2 cm³/mol. The van der Waals surface area contributed by atoms with Crippen molar-refractivity contribution in [3.8, 4) is 0 Å². The van der Waals surface area contributed by atoms with Crippen LogP contribution in [0.15, 0.2) is 0 Å². The number of hydrogen-bond donors (Lipinski definition) is 1. The van der Waals surface area contributed by atoms with Crippen molar-refractivity contribution in [2.75, 3.05) is 0 Å². The van der Waals surface area contributed by atoms with Gasteiger partial charge in [-0.1, -0.05) is 44.9 Å². The average Bonchev–Trinajstić information content (AvgIpc) is 2.72. The van der Waals surface area contributed by atoms with Crippen LogP contribution in [0.2, 0.25) is 0 Å². The van der Waals surface area contributed by atoms with E-state index in [2.05, 4.69) is 0 Å². The van der Waals surface area contributed by atoms with Gasteiger partial charge in [-0.2, -0.15) is 0 Å². The second-order valence-corrected chi connectivity index (χ2v) is 5.35. The van der Waals surface area contributed by atoms with E-state index in [0.29, 0.717) is 5.92 Å². The summed E-state index contributed by atoms with van der Waals surface area (Å²) in [7, 11) is 0. The fourth-order valence-corrected chi connectivity index (χ4v) is 3.30. The fourth-order valence-electron chi connectivity index (χ4n) is 3.30. The minimum absolute atomic E-state index is 0.0283. The zero-order valence-electron chi connectivity index (χ0n) is 9.25. The molecule has 2 saturated carbocycles. The molecule has 14 heavy (non-hydrogen) atoms. The van der Waals surface area contributed by atoms with Gasteiger partial charge in [-0.25, -0.2) is 0 Å². The SMILES string of the molecule is OC(CC1CCCCC1)C1CCCC1. The van der Waals surface area contributed by atoms with Gasteiger partial charge in [0.1, 0.15) is 0 Å². The van der Waals surface area contributed by atoms with E-state index in [-0.39, 0.29) is 6.10 Å². The topological polar surface area (TPSA) is 20.2 Å². The molecule has 1 N–H and O–H groups in total. The highest BCUT2D eigenvalue weighted by molar-refractivity contribution is 4.78. The van der Waals surface area contributed by atoms with Gasteiger partial charge in [0.15, 0.2) is 0 Å². The average molecular weight is 196 g/mol. The molecule has 2 aliphatic carbocycles. The molecule has 0 aromatic carbocycles. The van der Waals surface area contributed by atoms with Crippen LogP contribution < -0.4 is 0 Å². The van der Waals surface area contributed by atoms with Crippen LogP contribution in [0.4, 0.5) is 0 Å². The van der Waals surface area contributed by atoms with E-state index in [0.717, 1.165) is 12.3 Å². The lowest BCUT2D eigenvalue weighted by Crippen LogP contribution is -2.22. The minimum atomic E-state index is 0.0283. The van der Waals surface area contributed by atoms with Gasteiger partial charge in [0.05, 0.1) is 6.10 Å². The van der Waals surface area contributed by atoms with Crippen LogP contribution in [0.25, 0.3) is 0 Å². The van der Waals surface area contributed by atoms with Crippen LogP contribution in [-0.2, 0) is 0 Å². The highest BCUT2D eigenvalue weighted by atomic mass is 16.3. The van der Waals surface area contributed by atoms with Gasteiger partial charge in [-0.15, -0.1) is 0 Å². The maximum absolute atomic E-state index is 10.1. The molecule has 0 bridgehead atoms. The van der Waals surface area contributed by atoms with E-state index in [9.17, 15) is 5.11 Å². The summed E-state index contributed by atoms with van der Waals surface area (Å²) < 4.78 is 0. The number of rotatable bonds is 3. The van der Waals surface area contributed by atoms with Gasteiger partial charge in [-0.3, -0.25) is 0 Å². The van der Waals surface area contributed by atoms with Crippen molar-refractivity contribution in [1.29, 1.82) is 0 Å². The molecule has 1 atom stereocenters. The van der Waals surface area contributed by atoms with Crippen molar-refractivity contribution >= 4 is 0 Å². The Bertz CT molecular complexity index is 155. The van der Waals surface area contributed by atoms with Crippen molar-refractivity contribution in [1.82, 2.24) is 0 Å². The van der Waals surface area contributed by atoms with Crippen molar-refractivity contribution in [3.05, 3.63) is 0 Å². The van der Waals surface area contributed by atoms with Crippen molar-refractivity contribution in [2.24, 2.45) is 11.8 Å². The molecule has 0 saturated heterocycles. The van der Waals surface area contributed by atoms with Crippen molar-refractivity contribution in [2.45, 2.75) is 70.3 Å². The Morgan fingerprint density at radius 2 is 1.43 bits per heavy atom. The van der Waals surface area contributed by atoms with Crippen LogP contribution >= 0.6 is 0 Å². The van der Waals surface area contributed by atoms with Crippen molar-refractivity contribution < 1.29 is 5.11 Å². The molecule has 0 aliphatic heterocycles. The molecule has 0 spiro atoms. The molecule has 0 radical (unpaired) electrons. The molecular weight excluding hydrogens is 172 g/mol. The maximum Gasteiger partial charge on any atom is 0.0571 e. The zero-order valence-corrected chi connectivity index (χ0v) is 9.25. The van der Waals surface area contributed by atoms with E-state index in [4.69, 9.17) is 0 Å². The van der Waals surface area contributed by atoms with Crippen LogP contribution in [0, 0.1) is 11.8 Å². The molecular formula is C13H24O. The Hall–Kier alpha value is -0.0400.